The Hall–Kier alpha value is -3.86. The van der Waals surface area contributed by atoms with Crippen molar-refractivity contribution in [2.75, 3.05) is 13.7 Å². The van der Waals surface area contributed by atoms with Gasteiger partial charge in [-0.3, -0.25) is 9.36 Å². The molecule has 5 nitrogen and oxygen atoms in total. The van der Waals surface area contributed by atoms with Crippen LogP contribution in [0.25, 0.3) is 21.9 Å². The molecule has 4 aromatic rings. The summed E-state index contributed by atoms with van der Waals surface area (Å²) in [5.74, 6) is 0.349. The number of benzene rings is 3. The van der Waals surface area contributed by atoms with E-state index in [1.165, 1.54) is 7.11 Å². The van der Waals surface area contributed by atoms with Crippen molar-refractivity contribution in [3.8, 4) is 16.9 Å². The lowest BCUT2D eigenvalue weighted by Gasteiger charge is -2.19. The third kappa shape index (κ3) is 3.36. The van der Waals surface area contributed by atoms with Crippen molar-refractivity contribution < 1.29 is 14.3 Å². The topological polar surface area (TPSA) is 57.5 Å². The van der Waals surface area contributed by atoms with Crippen LogP contribution in [0.3, 0.4) is 0 Å². The van der Waals surface area contributed by atoms with Gasteiger partial charge in [-0.15, -0.1) is 0 Å². The van der Waals surface area contributed by atoms with Gasteiger partial charge in [0.1, 0.15) is 11.4 Å². The molecule has 0 unspecified atom stereocenters. The van der Waals surface area contributed by atoms with Crippen LogP contribution in [0.1, 0.15) is 27.2 Å². The van der Waals surface area contributed by atoms with Crippen molar-refractivity contribution in [2.45, 2.75) is 19.9 Å². The van der Waals surface area contributed by atoms with Crippen LogP contribution in [0.5, 0.6) is 5.75 Å². The average Bonchev–Trinajstić information content (AvgIpc) is 3.28. The molecule has 2 heterocycles. The molecule has 3 aromatic carbocycles. The van der Waals surface area contributed by atoms with E-state index in [4.69, 9.17) is 9.47 Å². The molecule has 1 aliphatic rings. The molecular formula is C27H23NO4. The van der Waals surface area contributed by atoms with E-state index in [9.17, 15) is 9.59 Å². The lowest BCUT2D eigenvalue weighted by atomic mass is 9.95. The van der Waals surface area contributed by atoms with Crippen LogP contribution < -0.4 is 10.3 Å². The molecule has 0 amide bonds. The highest BCUT2D eigenvalue weighted by Gasteiger charge is 2.24. The number of rotatable bonds is 4. The number of fused-ring (bicyclic) bond motifs is 2. The van der Waals surface area contributed by atoms with E-state index in [-0.39, 0.29) is 17.8 Å². The Labute approximate surface area is 185 Å². The van der Waals surface area contributed by atoms with Crippen molar-refractivity contribution in [3.05, 3.63) is 99.5 Å². The van der Waals surface area contributed by atoms with Gasteiger partial charge < -0.3 is 9.47 Å². The van der Waals surface area contributed by atoms with Crippen molar-refractivity contribution >= 4 is 16.7 Å². The number of hydrogen-bond donors (Lipinski definition) is 0. The molecule has 1 aliphatic heterocycles. The van der Waals surface area contributed by atoms with Crippen LogP contribution in [0, 0.1) is 6.92 Å². The molecule has 5 rings (SSSR count). The number of esters is 1. The summed E-state index contributed by atoms with van der Waals surface area (Å²) >= 11 is 0. The minimum Gasteiger partial charge on any atom is -0.493 e. The molecule has 1 aromatic heterocycles. The van der Waals surface area contributed by atoms with E-state index in [1.54, 1.807) is 4.57 Å². The summed E-state index contributed by atoms with van der Waals surface area (Å²) in [5.41, 5.74) is 4.69. The highest BCUT2D eigenvalue weighted by Crippen LogP contribution is 2.33. The Balaban J connectivity index is 1.82. The van der Waals surface area contributed by atoms with Gasteiger partial charge in [-0.2, -0.15) is 0 Å². The number of ether oxygens (including phenoxy) is 2. The van der Waals surface area contributed by atoms with E-state index in [2.05, 4.69) is 6.07 Å². The monoisotopic (exact) mass is 425 g/mol. The number of nitrogens with zero attached hydrogens (tertiary/aromatic N) is 1. The maximum atomic E-state index is 13.6. The summed E-state index contributed by atoms with van der Waals surface area (Å²) in [4.78, 5) is 26.7. The largest absolute Gasteiger partial charge is 0.493 e. The standard InChI is InChI=1S/C27H23NO4/c1-17-8-10-21-22(14-17)24(19-6-4-3-5-7-19)25(27(30)31-2)28(26(21)29)16-18-9-11-23-20(15-18)12-13-32-23/h3-11,14-15H,12-13,16H2,1-2H3. The van der Waals surface area contributed by atoms with Gasteiger partial charge in [0.25, 0.3) is 5.56 Å². The number of aryl methyl sites for hydroxylation is 1. The fraction of sp³-hybridized carbons (Fsp3) is 0.185. The molecule has 0 atom stereocenters. The maximum absolute atomic E-state index is 13.6. The van der Waals surface area contributed by atoms with Crippen LogP contribution in [-0.2, 0) is 17.7 Å². The fourth-order valence-electron chi connectivity index (χ4n) is 4.44. The van der Waals surface area contributed by atoms with Crippen LogP contribution >= 0.6 is 0 Å². The normalized spacial score (nSPS) is 12.4. The smallest absolute Gasteiger partial charge is 0.355 e. The summed E-state index contributed by atoms with van der Waals surface area (Å²) in [6.45, 7) is 2.91. The van der Waals surface area contributed by atoms with E-state index >= 15 is 0 Å². The molecular weight excluding hydrogens is 402 g/mol. The molecule has 0 saturated heterocycles. The Kier molecular flexibility index (Phi) is 5.02. The number of methoxy groups -OCH3 is 1. The van der Waals surface area contributed by atoms with Gasteiger partial charge in [-0.05, 0) is 41.1 Å². The molecule has 0 saturated carbocycles. The first-order valence-corrected chi connectivity index (χ1v) is 10.6. The molecule has 32 heavy (non-hydrogen) atoms. The van der Waals surface area contributed by atoms with E-state index < -0.39 is 5.97 Å². The number of hydrogen-bond acceptors (Lipinski definition) is 4. The van der Waals surface area contributed by atoms with Gasteiger partial charge in [-0.25, -0.2) is 4.79 Å². The first-order valence-electron chi connectivity index (χ1n) is 10.6. The molecule has 160 valence electrons. The van der Waals surface area contributed by atoms with Gasteiger partial charge >= 0.3 is 5.97 Å². The van der Waals surface area contributed by atoms with Crippen LogP contribution in [0.2, 0.25) is 0 Å². The lowest BCUT2D eigenvalue weighted by Crippen LogP contribution is -2.28. The Morgan fingerprint density at radius 1 is 1.03 bits per heavy atom. The average molecular weight is 425 g/mol. The second kappa shape index (κ2) is 8.00. The molecule has 0 fully saturated rings. The van der Waals surface area contributed by atoms with E-state index in [0.717, 1.165) is 39.8 Å². The van der Waals surface area contributed by atoms with Gasteiger partial charge in [0.05, 0.1) is 20.3 Å². The summed E-state index contributed by atoms with van der Waals surface area (Å²) in [7, 11) is 1.35. The second-order valence-corrected chi connectivity index (χ2v) is 8.06. The minimum absolute atomic E-state index is 0.211. The lowest BCUT2D eigenvalue weighted by molar-refractivity contribution is 0.0588. The number of aromatic nitrogens is 1. The number of carbonyl (C=O) groups excluding carboxylic acids is 1. The first kappa shape index (κ1) is 20.1. The van der Waals surface area contributed by atoms with Gasteiger partial charge in [-0.1, -0.05) is 60.2 Å². The first-order chi connectivity index (χ1) is 15.6. The van der Waals surface area contributed by atoms with Crippen LogP contribution in [-0.4, -0.2) is 24.3 Å². The number of pyridine rings is 1. The van der Waals surface area contributed by atoms with Crippen molar-refractivity contribution in [2.24, 2.45) is 0 Å². The Bertz CT molecular complexity index is 1400. The molecule has 0 aliphatic carbocycles. The zero-order valence-electron chi connectivity index (χ0n) is 18.1. The highest BCUT2D eigenvalue weighted by molar-refractivity contribution is 6.06. The van der Waals surface area contributed by atoms with Gasteiger partial charge in [0, 0.05) is 17.4 Å². The summed E-state index contributed by atoms with van der Waals surface area (Å²) < 4.78 is 12.3. The zero-order chi connectivity index (χ0) is 22.2. The Morgan fingerprint density at radius 3 is 2.62 bits per heavy atom. The van der Waals surface area contributed by atoms with E-state index in [0.29, 0.717) is 17.6 Å². The zero-order valence-corrected chi connectivity index (χ0v) is 18.1. The second-order valence-electron chi connectivity index (χ2n) is 8.06. The van der Waals surface area contributed by atoms with Crippen LogP contribution in [0.15, 0.2) is 71.5 Å². The van der Waals surface area contributed by atoms with Crippen molar-refractivity contribution in [1.82, 2.24) is 4.57 Å². The third-order valence-corrected chi connectivity index (χ3v) is 5.96. The molecule has 0 bridgehead atoms. The fourth-order valence-corrected chi connectivity index (χ4v) is 4.44. The van der Waals surface area contributed by atoms with Crippen molar-refractivity contribution in [3.63, 3.8) is 0 Å². The quantitative estimate of drug-likeness (QED) is 0.443. The SMILES string of the molecule is COC(=O)c1c(-c2ccccc2)c2cc(C)ccc2c(=O)n1Cc1ccc2c(c1)CCO2. The summed E-state index contributed by atoms with van der Waals surface area (Å²) in [6.07, 6.45) is 0.841. The number of carbonyl (C=O) groups is 1. The third-order valence-electron chi connectivity index (χ3n) is 5.96. The molecule has 0 spiro atoms. The minimum atomic E-state index is -0.533. The predicted octanol–water partition coefficient (Wildman–Crippen LogP) is 4.75. The summed E-state index contributed by atoms with van der Waals surface area (Å²) in [5, 5.41) is 1.33. The summed E-state index contributed by atoms with van der Waals surface area (Å²) in [6, 6.07) is 21.3. The van der Waals surface area contributed by atoms with Gasteiger partial charge in [0.15, 0.2) is 0 Å². The molecule has 0 N–H and O–H groups in total. The van der Waals surface area contributed by atoms with Crippen molar-refractivity contribution in [1.29, 1.82) is 0 Å². The Morgan fingerprint density at radius 2 is 1.84 bits per heavy atom. The highest BCUT2D eigenvalue weighted by atomic mass is 16.5. The maximum Gasteiger partial charge on any atom is 0.355 e. The molecule has 0 radical (unpaired) electrons. The van der Waals surface area contributed by atoms with Crippen LogP contribution in [0.4, 0.5) is 0 Å². The molecule has 5 heteroatoms. The van der Waals surface area contributed by atoms with Gasteiger partial charge in [0.2, 0.25) is 0 Å². The van der Waals surface area contributed by atoms with E-state index in [1.807, 2.05) is 67.6 Å². The predicted molar refractivity (Wildman–Crippen MR) is 124 cm³/mol.